The summed E-state index contributed by atoms with van der Waals surface area (Å²) < 4.78 is 6.67. The van der Waals surface area contributed by atoms with Gasteiger partial charge in [0.25, 0.3) is 5.56 Å². The number of aryl methyl sites for hydroxylation is 1. The number of carbonyl (C=O) groups is 1. The molecule has 1 amide bonds. The Balaban J connectivity index is 1.54. The third-order valence-electron chi connectivity index (χ3n) is 5.08. The van der Waals surface area contributed by atoms with E-state index in [0.717, 1.165) is 27.6 Å². The predicted molar refractivity (Wildman–Crippen MR) is 131 cm³/mol. The number of rotatable bonds is 7. The molecule has 2 heterocycles. The lowest BCUT2D eigenvalue weighted by atomic mass is 10.1. The van der Waals surface area contributed by atoms with Crippen LogP contribution in [0.5, 0.6) is 5.75 Å². The summed E-state index contributed by atoms with van der Waals surface area (Å²) in [6, 6.07) is 17.2. The number of carbonyl (C=O) groups excluding carboxylic acids is 1. The van der Waals surface area contributed by atoms with Crippen molar-refractivity contribution in [2.24, 2.45) is 0 Å². The molecule has 0 fully saturated rings. The van der Waals surface area contributed by atoms with Crippen molar-refractivity contribution in [3.63, 3.8) is 0 Å². The molecule has 1 unspecified atom stereocenters. The maximum absolute atomic E-state index is 12.9. The molecule has 0 bridgehead atoms. The van der Waals surface area contributed by atoms with Crippen molar-refractivity contribution >= 4 is 22.9 Å². The van der Waals surface area contributed by atoms with Gasteiger partial charge in [-0.15, -0.1) is 11.3 Å². The molecule has 2 aromatic carbocycles. The second-order valence-electron chi connectivity index (χ2n) is 7.46. The third kappa shape index (κ3) is 5.18. The molecule has 0 aliphatic rings. The summed E-state index contributed by atoms with van der Waals surface area (Å²) in [5.74, 6) is 0.428. The number of nitrogens with zero attached hydrogens (tertiary/aromatic N) is 3. The molecule has 4 aromatic rings. The van der Waals surface area contributed by atoms with E-state index in [1.54, 1.807) is 30.4 Å². The zero-order chi connectivity index (χ0) is 23.4. The second-order valence-corrected chi connectivity index (χ2v) is 8.52. The number of aromatic nitrogens is 3. The molecule has 0 saturated carbocycles. The number of amides is 1. The highest BCUT2D eigenvalue weighted by atomic mass is 32.1. The summed E-state index contributed by atoms with van der Waals surface area (Å²) >= 11 is 1.57. The normalized spacial score (nSPS) is 11.7. The second kappa shape index (κ2) is 9.79. The number of anilines is 1. The van der Waals surface area contributed by atoms with Crippen LogP contribution in [-0.2, 0) is 4.79 Å². The lowest BCUT2D eigenvalue weighted by Crippen LogP contribution is -2.33. The molecule has 0 spiro atoms. The average molecular weight is 461 g/mol. The van der Waals surface area contributed by atoms with Crippen molar-refractivity contribution in [2.75, 3.05) is 11.9 Å². The minimum Gasteiger partial charge on any atom is -0.494 e. The van der Waals surface area contributed by atoms with Gasteiger partial charge in [-0.05, 0) is 63.2 Å². The zero-order valence-electron chi connectivity index (χ0n) is 18.6. The SMILES string of the molecule is CCOc1ccc(-c2ccc(=O)n(C(C)C(=O)Nc3cccc(-c4csc(C)n4)c3)n2)cc1. The molecule has 0 saturated heterocycles. The van der Waals surface area contributed by atoms with E-state index in [0.29, 0.717) is 18.0 Å². The Bertz CT molecular complexity index is 1330. The standard InChI is InChI=1S/C25H24N4O3S/c1-4-32-21-10-8-18(9-11-21)22-12-13-24(30)29(28-22)16(2)25(31)27-20-7-5-6-19(14-20)23-15-33-17(3)26-23/h5-16H,4H2,1-3H3,(H,27,31). The van der Waals surface area contributed by atoms with Gasteiger partial charge in [0, 0.05) is 28.3 Å². The maximum Gasteiger partial charge on any atom is 0.267 e. The van der Waals surface area contributed by atoms with Crippen LogP contribution in [0.4, 0.5) is 5.69 Å². The molecule has 8 heteroatoms. The van der Waals surface area contributed by atoms with Crippen molar-refractivity contribution in [2.45, 2.75) is 26.8 Å². The number of benzene rings is 2. The van der Waals surface area contributed by atoms with Crippen LogP contribution in [0.1, 0.15) is 24.9 Å². The predicted octanol–water partition coefficient (Wildman–Crippen LogP) is 4.94. The molecule has 168 valence electrons. The highest BCUT2D eigenvalue weighted by molar-refractivity contribution is 7.09. The van der Waals surface area contributed by atoms with Gasteiger partial charge < -0.3 is 10.1 Å². The Labute approximate surface area is 195 Å². The van der Waals surface area contributed by atoms with Crippen LogP contribution in [0, 0.1) is 6.92 Å². The van der Waals surface area contributed by atoms with E-state index < -0.39 is 6.04 Å². The number of thiazole rings is 1. The smallest absolute Gasteiger partial charge is 0.267 e. The summed E-state index contributed by atoms with van der Waals surface area (Å²) in [5, 5.41) is 10.3. The lowest BCUT2D eigenvalue weighted by Gasteiger charge is -2.15. The molecular weight excluding hydrogens is 436 g/mol. The summed E-state index contributed by atoms with van der Waals surface area (Å²) in [6.07, 6.45) is 0. The molecule has 1 atom stereocenters. The first-order valence-electron chi connectivity index (χ1n) is 10.6. The minimum absolute atomic E-state index is 0.333. The van der Waals surface area contributed by atoms with Crippen LogP contribution in [0.15, 0.2) is 70.8 Å². The van der Waals surface area contributed by atoms with E-state index in [1.165, 1.54) is 10.7 Å². The van der Waals surface area contributed by atoms with E-state index >= 15 is 0 Å². The quantitative estimate of drug-likeness (QED) is 0.422. The zero-order valence-corrected chi connectivity index (χ0v) is 19.4. The van der Waals surface area contributed by atoms with Crippen LogP contribution < -0.4 is 15.6 Å². The molecule has 7 nitrogen and oxygen atoms in total. The first-order chi connectivity index (χ1) is 15.9. The highest BCUT2D eigenvalue weighted by Gasteiger charge is 2.19. The van der Waals surface area contributed by atoms with Gasteiger partial charge in [0.15, 0.2) is 0 Å². The molecule has 1 N–H and O–H groups in total. The van der Waals surface area contributed by atoms with Crippen molar-refractivity contribution < 1.29 is 9.53 Å². The van der Waals surface area contributed by atoms with Crippen LogP contribution in [0.2, 0.25) is 0 Å². The molecule has 0 aliphatic carbocycles. The molecular formula is C25H24N4O3S. The minimum atomic E-state index is -0.801. The van der Waals surface area contributed by atoms with E-state index in [9.17, 15) is 9.59 Å². The fourth-order valence-corrected chi connectivity index (χ4v) is 3.98. The molecule has 2 aromatic heterocycles. The summed E-state index contributed by atoms with van der Waals surface area (Å²) in [7, 11) is 0. The van der Waals surface area contributed by atoms with Gasteiger partial charge in [0.1, 0.15) is 11.8 Å². The van der Waals surface area contributed by atoms with Gasteiger partial charge in [-0.3, -0.25) is 9.59 Å². The van der Waals surface area contributed by atoms with Crippen molar-refractivity contribution in [3.05, 3.63) is 81.4 Å². The number of ether oxygens (including phenoxy) is 1. The van der Waals surface area contributed by atoms with Gasteiger partial charge in [-0.25, -0.2) is 9.67 Å². The Morgan fingerprint density at radius 2 is 1.88 bits per heavy atom. The number of hydrogen-bond donors (Lipinski definition) is 1. The van der Waals surface area contributed by atoms with E-state index in [4.69, 9.17) is 4.74 Å². The molecule has 33 heavy (non-hydrogen) atoms. The largest absolute Gasteiger partial charge is 0.494 e. The van der Waals surface area contributed by atoms with Gasteiger partial charge in [0.05, 0.1) is 23.0 Å². The van der Waals surface area contributed by atoms with Crippen molar-refractivity contribution in [3.8, 4) is 28.3 Å². The number of hydrogen-bond acceptors (Lipinski definition) is 6. The van der Waals surface area contributed by atoms with Crippen molar-refractivity contribution in [1.82, 2.24) is 14.8 Å². The maximum atomic E-state index is 12.9. The highest BCUT2D eigenvalue weighted by Crippen LogP contribution is 2.25. The van der Waals surface area contributed by atoms with E-state index in [-0.39, 0.29) is 11.5 Å². The first-order valence-corrected chi connectivity index (χ1v) is 11.5. The Kier molecular flexibility index (Phi) is 6.65. The van der Waals surface area contributed by atoms with Gasteiger partial charge in [-0.2, -0.15) is 5.10 Å². The first kappa shape index (κ1) is 22.4. The van der Waals surface area contributed by atoms with E-state index in [2.05, 4.69) is 15.4 Å². The summed E-state index contributed by atoms with van der Waals surface area (Å²) in [6.45, 7) is 6.11. The van der Waals surface area contributed by atoms with Crippen molar-refractivity contribution in [1.29, 1.82) is 0 Å². The van der Waals surface area contributed by atoms with Crippen LogP contribution in [-0.4, -0.2) is 27.3 Å². The van der Waals surface area contributed by atoms with Gasteiger partial charge in [0.2, 0.25) is 5.91 Å². The topological polar surface area (TPSA) is 86.1 Å². The number of nitrogens with one attached hydrogen (secondary N) is 1. The van der Waals surface area contributed by atoms with Crippen LogP contribution >= 0.6 is 11.3 Å². The van der Waals surface area contributed by atoms with Crippen LogP contribution in [0.3, 0.4) is 0 Å². The molecule has 0 aliphatic heterocycles. The molecule has 0 radical (unpaired) electrons. The fourth-order valence-electron chi connectivity index (χ4n) is 3.36. The lowest BCUT2D eigenvalue weighted by molar-refractivity contribution is -0.119. The summed E-state index contributed by atoms with van der Waals surface area (Å²) in [4.78, 5) is 29.9. The van der Waals surface area contributed by atoms with E-state index in [1.807, 2.05) is 61.7 Å². The fraction of sp³-hybridized carbons (Fsp3) is 0.200. The van der Waals surface area contributed by atoms with Gasteiger partial charge >= 0.3 is 0 Å². The Morgan fingerprint density at radius 3 is 2.58 bits per heavy atom. The van der Waals surface area contributed by atoms with Crippen LogP contribution in [0.25, 0.3) is 22.5 Å². The Hall–Kier alpha value is -3.78. The Morgan fingerprint density at radius 1 is 1.09 bits per heavy atom. The third-order valence-corrected chi connectivity index (χ3v) is 5.85. The monoisotopic (exact) mass is 460 g/mol. The average Bonchev–Trinajstić information content (AvgIpc) is 3.26. The molecule has 4 rings (SSSR count). The summed E-state index contributed by atoms with van der Waals surface area (Å²) in [5.41, 5.74) is 3.48. The van der Waals surface area contributed by atoms with Gasteiger partial charge in [-0.1, -0.05) is 12.1 Å².